The summed E-state index contributed by atoms with van der Waals surface area (Å²) in [6.45, 7) is 3.98. The Bertz CT molecular complexity index is 669. The van der Waals surface area contributed by atoms with Crippen LogP contribution in [0.3, 0.4) is 0 Å². The van der Waals surface area contributed by atoms with E-state index in [9.17, 15) is 8.42 Å². The average Bonchev–Trinajstić information content (AvgIpc) is 2.75. The van der Waals surface area contributed by atoms with E-state index in [2.05, 4.69) is 4.72 Å². The fourth-order valence-electron chi connectivity index (χ4n) is 1.85. The second-order valence-corrected chi connectivity index (χ2v) is 6.02. The summed E-state index contributed by atoms with van der Waals surface area (Å²) in [5.74, 6) is 0.431. The van der Waals surface area contributed by atoms with Gasteiger partial charge in [0.15, 0.2) is 0 Å². The molecule has 2 aromatic rings. The first-order chi connectivity index (χ1) is 8.90. The monoisotopic (exact) mass is 280 g/mol. The number of sulfonamides is 1. The Kier molecular flexibility index (Phi) is 3.64. The van der Waals surface area contributed by atoms with Crippen LogP contribution in [0.5, 0.6) is 0 Å². The molecule has 0 aliphatic carbocycles. The molecule has 6 heteroatoms. The molecule has 102 valence electrons. The second-order valence-electron chi connectivity index (χ2n) is 4.41. The lowest BCUT2D eigenvalue weighted by atomic mass is 10.1. The average molecular weight is 280 g/mol. The molecule has 0 amide bonds. The number of hydrogen-bond donors (Lipinski definition) is 2. The van der Waals surface area contributed by atoms with Gasteiger partial charge in [0.25, 0.3) is 10.0 Å². The number of aryl methyl sites for hydroxylation is 2. The first-order valence-electron chi connectivity index (χ1n) is 5.80. The predicted molar refractivity (Wildman–Crippen MR) is 73.3 cm³/mol. The standard InChI is InChI=1S/C13H16N2O3S/c1-9-5-10(2)7-11(6-9)15-19(16,17)13-4-3-12(8-14)18-13/h3-7,15H,8,14H2,1-2H3. The van der Waals surface area contributed by atoms with E-state index in [4.69, 9.17) is 10.2 Å². The van der Waals surface area contributed by atoms with Gasteiger partial charge in [-0.3, -0.25) is 4.72 Å². The van der Waals surface area contributed by atoms with E-state index in [1.165, 1.54) is 6.07 Å². The Balaban J connectivity index is 2.30. The number of hydrogen-bond acceptors (Lipinski definition) is 4. The molecule has 0 radical (unpaired) electrons. The van der Waals surface area contributed by atoms with Crippen LogP contribution in [0.15, 0.2) is 39.8 Å². The number of nitrogens with two attached hydrogens (primary N) is 1. The highest BCUT2D eigenvalue weighted by Gasteiger charge is 2.18. The van der Waals surface area contributed by atoms with E-state index >= 15 is 0 Å². The van der Waals surface area contributed by atoms with Gasteiger partial charge < -0.3 is 10.2 Å². The lowest BCUT2D eigenvalue weighted by Gasteiger charge is -2.07. The third-order valence-corrected chi connectivity index (χ3v) is 3.83. The second kappa shape index (κ2) is 5.07. The van der Waals surface area contributed by atoms with Crippen molar-refractivity contribution in [2.75, 3.05) is 4.72 Å². The Morgan fingerprint density at radius 3 is 2.32 bits per heavy atom. The molecule has 0 saturated heterocycles. The lowest BCUT2D eigenvalue weighted by molar-refractivity contribution is 0.417. The van der Waals surface area contributed by atoms with Gasteiger partial charge in [-0.1, -0.05) is 6.07 Å². The molecular formula is C13H16N2O3S. The largest absolute Gasteiger partial charge is 0.446 e. The predicted octanol–water partition coefficient (Wildman–Crippen LogP) is 2.16. The smallest absolute Gasteiger partial charge is 0.295 e. The van der Waals surface area contributed by atoms with Gasteiger partial charge in [0.05, 0.1) is 6.54 Å². The Morgan fingerprint density at radius 1 is 1.16 bits per heavy atom. The van der Waals surface area contributed by atoms with Crippen molar-refractivity contribution in [3.8, 4) is 0 Å². The van der Waals surface area contributed by atoms with Gasteiger partial charge >= 0.3 is 0 Å². The van der Waals surface area contributed by atoms with Gasteiger partial charge in [0.1, 0.15) is 5.76 Å². The van der Waals surface area contributed by atoms with Gasteiger partial charge in [-0.15, -0.1) is 0 Å². The molecular weight excluding hydrogens is 264 g/mol. The van der Waals surface area contributed by atoms with Crippen molar-refractivity contribution < 1.29 is 12.8 Å². The third-order valence-electron chi connectivity index (χ3n) is 2.58. The van der Waals surface area contributed by atoms with Crippen LogP contribution in [0, 0.1) is 13.8 Å². The van der Waals surface area contributed by atoms with E-state index in [1.807, 2.05) is 19.9 Å². The van der Waals surface area contributed by atoms with Crippen molar-refractivity contribution in [3.63, 3.8) is 0 Å². The fraction of sp³-hybridized carbons (Fsp3) is 0.231. The first kappa shape index (κ1) is 13.6. The SMILES string of the molecule is Cc1cc(C)cc(NS(=O)(=O)c2ccc(CN)o2)c1. The molecule has 1 aromatic carbocycles. The molecule has 0 fully saturated rings. The summed E-state index contributed by atoms with van der Waals surface area (Å²) in [6.07, 6.45) is 0. The van der Waals surface area contributed by atoms with Crippen LogP contribution in [-0.2, 0) is 16.6 Å². The van der Waals surface area contributed by atoms with Gasteiger partial charge in [0, 0.05) is 5.69 Å². The summed E-state index contributed by atoms with van der Waals surface area (Å²) in [4.78, 5) is 0. The van der Waals surface area contributed by atoms with Crippen molar-refractivity contribution >= 4 is 15.7 Å². The van der Waals surface area contributed by atoms with Crippen molar-refractivity contribution in [1.29, 1.82) is 0 Å². The molecule has 19 heavy (non-hydrogen) atoms. The summed E-state index contributed by atoms with van der Waals surface area (Å²) in [5.41, 5.74) is 7.88. The zero-order valence-corrected chi connectivity index (χ0v) is 11.6. The topological polar surface area (TPSA) is 85.3 Å². The molecule has 0 spiro atoms. The molecule has 1 aromatic heterocycles. The Morgan fingerprint density at radius 2 is 1.79 bits per heavy atom. The van der Waals surface area contributed by atoms with E-state index in [0.29, 0.717) is 11.4 Å². The van der Waals surface area contributed by atoms with Crippen molar-refractivity contribution in [3.05, 3.63) is 47.2 Å². The highest BCUT2D eigenvalue weighted by molar-refractivity contribution is 7.92. The molecule has 0 bridgehead atoms. The van der Waals surface area contributed by atoms with Crippen molar-refractivity contribution in [2.45, 2.75) is 25.5 Å². The zero-order chi connectivity index (χ0) is 14.0. The minimum Gasteiger partial charge on any atom is -0.446 e. The van der Waals surface area contributed by atoms with Gasteiger partial charge in [0.2, 0.25) is 5.09 Å². The van der Waals surface area contributed by atoms with Crippen LogP contribution >= 0.6 is 0 Å². The summed E-state index contributed by atoms with van der Waals surface area (Å²) in [5, 5.41) is -0.132. The molecule has 0 saturated carbocycles. The van der Waals surface area contributed by atoms with Crippen LogP contribution in [-0.4, -0.2) is 8.42 Å². The number of nitrogens with one attached hydrogen (secondary N) is 1. The quantitative estimate of drug-likeness (QED) is 0.898. The number of furan rings is 1. The molecule has 2 rings (SSSR count). The maximum absolute atomic E-state index is 12.1. The Hall–Kier alpha value is -1.79. The minimum absolute atomic E-state index is 0.132. The zero-order valence-electron chi connectivity index (χ0n) is 10.8. The Labute approximate surface area is 112 Å². The van der Waals surface area contributed by atoms with Crippen LogP contribution < -0.4 is 10.5 Å². The van der Waals surface area contributed by atoms with E-state index in [1.54, 1.807) is 18.2 Å². The van der Waals surface area contributed by atoms with E-state index in [0.717, 1.165) is 11.1 Å². The van der Waals surface area contributed by atoms with Crippen LogP contribution in [0.4, 0.5) is 5.69 Å². The van der Waals surface area contributed by atoms with Gasteiger partial charge in [-0.2, -0.15) is 8.42 Å². The third kappa shape index (κ3) is 3.15. The normalized spacial score (nSPS) is 11.5. The summed E-state index contributed by atoms with van der Waals surface area (Å²) in [7, 11) is -3.71. The van der Waals surface area contributed by atoms with E-state index < -0.39 is 10.0 Å². The van der Waals surface area contributed by atoms with E-state index in [-0.39, 0.29) is 11.6 Å². The molecule has 0 unspecified atom stereocenters. The summed E-state index contributed by atoms with van der Waals surface area (Å²) >= 11 is 0. The maximum atomic E-state index is 12.1. The molecule has 5 nitrogen and oxygen atoms in total. The van der Waals surface area contributed by atoms with Gasteiger partial charge in [-0.05, 0) is 49.2 Å². The number of rotatable bonds is 4. The molecule has 0 atom stereocenters. The minimum atomic E-state index is -3.71. The summed E-state index contributed by atoms with van der Waals surface area (Å²) < 4.78 is 31.9. The molecule has 1 heterocycles. The van der Waals surface area contributed by atoms with Crippen LogP contribution in [0.1, 0.15) is 16.9 Å². The molecule has 0 aliphatic rings. The highest BCUT2D eigenvalue weighted by atomic mass is 32.2. The highest BCUT2D eigenvalue weighted by Crippen LogP contribution is 2.20. The number of benzene rings is 1. The van der Waals surface area contributed by atoms with Gasteiger partial charge in [-0.25, -0.2) is 0 Å². The number of anilines is 1. The first-order valence-corrected chi connectivity index (χ1v) is 7.29. The maximum Gasteiger partial charge on any atom is 0.295 e. The van der Waals surface area contributed by atoms with Crippen molar-refractivity contribution in [2.24, 2.45) is 5.73 Å². The molecule has 0 aliphatic heterocycles. The lowest BCUT2D eigenvalue weighted by Crippen LogP contribution is -2.12. The molecule has 3 N–H and O–H groups in total. The summed E-state index contributed by atoms with van der Waals surface area (Å²) in [6, 6.07) is 8.44. The fourth-order valence-corrected chi connectivity index (χ4v) is 2.84. The van der Waals surface area contributed by atoms with Crippen LogP contribution in [0.25, 0.3) is 0 Å². The van der Waals surface area contributed by atoms with Crippen molar-refractivity contribution in [1.82, 2.24) is 0 Å². The van der Waals surface area contributed by atoms with Crippen LogP contribution in [0.2, 0.25) is 0 Å².